The third kappa shape index (κ3) is 9.41. The van der Waals surface area contributed by atoms with E-state index in [9.17, 15) is 4.79 Å². The first-order valence-electron chi connectivity index (χ1n) is 4.45. The molecule has 0 unspecified atom stereocenters. The van der Waals surface area contributed by atoms with Crippen LogP contribution in [0.5, 0.6) is 0 Å². The summed E-state index contributed by atoms with van der Waals surface area (Å²) in [4.78, 5) is 11.1. The molecule has 0 amide bonds. The highest BCUT2D eigenvalue weighted by Gasteiger charge is 2.15. The summed E-state index contributed by atoms with van der Waals surface area (Å²) < 4.78 is 10.1. The van der Waals surface area contributed by atoms with Crippen LogP contribution < -0.4 is 0 Å². The third-order valence-corrected chi connectivity index (χ3v) is 1.13. The monoisotopic (exact) mass is 184 g/mol. The predicted octanol–water partition coefficient (Wildman–Crippen LogP) is 1.32. The first kappa shape index (κ1) is 12.5. The van der Waals surface area contributed by atoms with Crippen LogP contribution in [0.3, 0.4) is 0 Å². The lowest BCUT2D eigenvalue weighted by Crippen LogP contribution is -2.24. The fraction of sp³-hybridized carbons (Fsp3) is 0.889. The van der Waals surface area contributed by atoms with Crippen molar-refractivity contribution in [3.8, 4) is 0 Å². The quantitative estimate of drug-likeness (QED) is 0.367. The zero-order chi connectivity index (χ0) is 10.3. The highest BCUT2D eigenvalue weighted by atomic mass is 16.6. The summed E-state index contributed by atoms with van der Waals surface area (Å²) in [5, 5.41) is 0. The van der Waals surface area contributed by atoms with Crippen LogP contribution in [0.1, 0.15) is 27.2 Å². The molecule has 13 heavy (non-hydrogen) atoms. The summed E-state index contributed by atoms with van der Waals surface area (Å²) >= 11 is 0. The van der Waals surface area contributed by atoms with Crippen molar-refractivity contribution >= 4 is 13.8 Å². The topological polar surface area (TPSA) is 35.5 Å². The van der Waals surface area contributed by atoms with Gasteiger partial charge in [0.05, 0.1) is 20.9 Å². The Hall–Kier alpha value is -0.505. The molecule has 0 bridgehead atoms. The Morgan fingerprint density at radius 2 is 1.92 bits per heavy atom. The summed E-state index contributed by atoms with van der Waals surface area (Å²) in [5.41, 5.74) is -0.412. The van der Waals surface area contributed by atoms with E-state index in [1.165, 1.54) is 0 Å². The summed E-state index contributed by atoms with van der Waals surface area (Å²) in [5.74, 6) is -0.232. The van der Waals surface area contributed by atoms with Gasteiger partial charge in [-0.3, -0.25) is 4.79 Å². The van der Waals surface area contributed by atoms with Crippen molar-refractivity contribution in [1.82, 2.24) is 0 Å². The zero-order valence-electron chi connectivity index (χ0n) is 8.63. The molecule has 3 nitrogen and oxygen atoms in total. The van der Waals surface area contributed by atoms with Crippen LogP contribution >= 0.6 is 0 Å². The number of carbonyl (C=O) groups excluding carboxylic acids is 1. The van der Waals surface area contributed by atoms with Gasteiger partial charge in [-0.25, -0.2) is 0 Å². The maximum Gasteiger partial charge on any atom is 0.308 e. The van der Waals surface area contributed by atoms with Crippen molar-refractivity contribution in [2.24, 2.45) is 0 Å². The number of rotatable bonds is 5. The largest absolute Gasteiger partial charge is 0.460 e. The van der Waals surface area contributed by atoms with Gasteiger partial charge in [-0.15, -0.1) is 0 Å². The molecule has 0 saturated heterocycles. The van der Waals surface area contributed by atoms with Crippen LogP contribution in [-0.4, -0.2) is 32.6 Å². The van der Waals surface area contributed by atoms with Crippen LogP contribution in [0.2, 0.25) is 6.32 Å². The average molecular weight is 184 g/mol. The smallest absolute Gasteiger partial charge is 0.308 e. The van der Waals surface area contributed by atoms with E-state index in [4.69, 9.17) is 17.3 Å². The van der Waals surface area contributed by atoms with Crippen molar-refractivity contribution in [2.45, 2.75) is 39.1 Å². The number of carbonyl (C=O) groups is 1. The van der Waals surface area contributed by atoms with Crippen molar-refractivity contribution < 1.29 is 14.3 Å². The molecular formula is C9H17BO3. The molecule has 0 fully saturated rings. The molecule has 74 valence electrons. The Labute approximate surface area is 81.2 Å². The van der Waals surface area contributed by atoms with Crippen LogP contribution in [0.4, 0.5) is 0 Å². The predicted molar refractivity (Wildman–Crippen MR) is 51.8 cm³/mol. The second kappa shape index (κ2) is 6.03. The molecule has 0 N–H and O–H groups in total. The minimum atomic E-state index is -0.412. The zero-order valence-corrected chi connectivity index (χ0v) is 8.63. The normalized spacial score (nSPS) is 11.3. The van der Waals surface area contributed by atoms with Gasteiger partial charge in [0, 0.05) is 6.61 Å². The molecule has 0 spiro atoms. The summed E-state index contributed by atoms with van der Waals surface area (Å²) in [6.07, 6.45) is 0.769. The standard InChI is InChI=1S/C9H17BO3/c1-9(2,3)13-8(11)4-6-12-7-5-10/h4-7H2,1-3H3. The molecule has 0 atom stereocenters. The van der Waals surface area contributed by atoms with E-state index in [1.807, 2.05) is 20.8 Å². The van der Waals surface area contributed by atoms with Crippen molar-refractivity contribution in [3.05, 3.63) is 0 Å². The maximum atomic E-state index is 11.1. The Balaban J connectivity index is 3.41. The minimum Gasteiger partial charge on any atom is -0.460 e. The summed E-state index contributed by atoms with van der Waals surface area (Å²) in [7, 11) is 5.21. The van der Waals surface area contributed by atoms with E-state index in [-0.39, 0.29) is 12.4 Å². The lowest BCUT2D eigenvalue weighted by molar-refractivity contribution is -0.155. The van der Waals surface area contributed by atoms with Crippen molar-refractivity contribution in [3.63, 3.8) is 0 Å². The van der Waals surface area contributed by atoms with Gasteiger partial charge in [0.2, 0.25) is 0 Å². The summed E-state index contributed by atoms with van der Waals surface area (Å²) in [6.45, 7) is 6.39. The fourth-order valence-electron chi connectivity index (χ4n) is 0.733. The molecule has 0 aromatic carbocycles. The van der Waals surface area contributed by atoms with E-state index in [1.54, 1.807) is 0 Å². The van der Waals surface area contributed by atoms with Crippen molar-refractivity contribution in [1.29, 1.82) is 0 Å². The summed E-state index contributed by atoms with van der Waals surface area (Å²) in [6, 6.07) is 0. The lowest BCUT2D eigenvalue weighted by Gasteiger charge is -2.19. The highest BCUT2D eigenvalue weighted by molar-refractivity contribution is 6.08. The fourth-order valence-corrected chi connectivity index (χ4v) is 0.733. The van der Waals surface area contributed by atoms with Crippen molar-refractivity contribution in [2.75, 3.05) is 13.2 Å². The molecule has 0 rings (SSSR count). The molecule has 0 aromatic rings. The molecule has 0 aliphatic heterocycles. The van der Waals surface area contributed by atoms with E-state index in [2.05, 4.69) is 0 Å². The van der Waals surface area contributed by atoms with Crippen LogP contribution in [0.15, 0.2) is 0 Å². The Morgan fingerprint density at radius 3 is 2.38 bits per heavy atom. The molecule has 4 heteroatoms. The molecule has 0 aromatic heterocycles. The molecular weight excluding hydrogens is 167 g/mol. The van der Waals surface area contributed by atoms with Crippen LogP contribution in [-0.2, 0) is 14.3 Å². The second-order valence-corrected chi connectivity index (χ2v) is 3.74. The first-order chi connectivity index (χ1) is 5.95. The highest BCUT2D eigenvalue weighted by Crippen LogP contribution is 2.07. The van der Waals surface area contributed by atoms with Gasteiger partial charge >= 0.3 is 5.97 Å². The van der Waals surface area contributed by atoms with Crippen LogP contribution in [0.25, 0.3) is 0 Å². The molecule has 0 aliphatic rings. The maximum absolute atomic E-state index is 11.1. The van der Waals surface area contributed by atoms with Gasteiger partial charge in [-0.1, -0.05) is 6.32 Å². The molecule has 0 aliphatic carbocycles. The number of esters is 1. The van der Waals surface area contributed by atoms with E-state index in [0.29, 0.717) is 19.5 Å². The average Bonchev–Trinajstić information content (AvgIpc) is 1.94. The third-order valence-electron chi connectivity index (χ3n) is 1.13. The van der Waals surface area contributed by atoms with Gasteiger partial charge in [0.1, 0.15) is 5.60 Å². The van der Waals surface area contributed by atoms with Gasteiger partial charge in [0.25, 0.3) is 0 Å². The molecule has 2 radical (unpaired) electrons. The minimum absolute atomic E-state index is 0.232. The van der Waals surface area contributed by atoms with Gasteiger partial charge in [-0.2, -0.15) is 0 Å². The second-order valence-electron chi connectivity index (χ2n) is 3.74. The lowest BCUT2D eigenvalue weighted by atomic mass is 10.1. The van der Waals surface area contributed by atoms with Crippen LogP contribution in [0, 0.1) is 0 Å². The van der Waals surface area contributed by atoms with Gasteiger partial charge in [0.15, 0.2) is 0 Å². The first-order valence-corrected chi connectivity index (χ1v) is 4.45. The van der Waals surface area contributed by atoms with E-state index < -0.39 is 5.60 Å². The van der Waals surface area contributed by atoms with Gasteiger partial charge < -0.3 is 9.47 Å². The molecule has 0 saturated carbocycles. The number of hydrogen-bond acceptors (Lipinski definition) is 3. The van der Waals surface area contributed by atoms with E-state index >= 15 is 0 Å². The van der Waals surface area contributed by atoms with E-state index in [0.717, 1.165) is 0 Å². The number of ether oxygens (including phenoxy) is 2. The van der Waals surface area contributed by atoms with Gasteiger partial charge in [-0.05, 0) is 20.8 Å². The Morgan fingerprint density at radius 1 is 1.31 bits per heavy atom. The SMILES string of the molecule is [B]CCOCCC(=O)OC(C)(C)C. The Kier molecular flexibility index (Phi) is 5.79. The molecule has 0 heterocycles. The Bertz CT molecular complexity index is 151. The number of hydrogen-bond donors (Lipinski definition) is 0.